The van der Waals surface area contributed by atoms with Crippen molar-refractivity contribution in [3.05, 3.63) is 54.7 Å². The van der Waals surface area contributed by atoms with E-state index in [2.05, 4.69) is 53.2 Å². The summed E-state index contributed by atoms with van der Waals surface area (Å²) in [5.74, 6) is 1.87. The zero-order valence-electron chi connectivity index (χ0n) is 31.7. The normalized spacial score (nSPS) is 14.5. The van der Waals surface area contributed by atoms with E-state index in [0.29, 0.717) is 37.7 Å². The molecule has 2 aromatic heterocycles. The lowest BCUT2D eigenvalue weighted by Gasteiger charge is -2.39. The van der Waals surface area contributed by atoms with E-state index in [0.717, 1.165) is 71.1 Å². The molecule has 0 amide bonds. The molecule has 0 saturated carbocycles. The second-order valence-corrected chi connectivity index (χ2v) is 22.3. The van der Waals surface area contributed by atoms with E-state index in [9.17, 15) is 5.11 Å². The molecule has 0 atom stereocenters. The lowest BCUT2D eigenvalue weighted by Crippen LogP contribution is -2.47. The molecule has 0 spiro atoms. The van der Waals surface area contributed by atoms with Crippen LogP contribution >= 0.6 is 8.38 Å². The fourth-order valence-corrected chi connectivity index (χ4v) is 8.27. The molecule has 4 aromatic rings. The third kappa shape index (κ3) is 10.4. The van der Waals surface area contributed by atoms with Crippen LogP contribution in [0.2, 0.25) is 25.7 Å². The average Bonchev–Trinajstić information content (AvgIpc) is 3.49. The van der Waals surface area contributed by atoms with Gasteiger partial charge >= 0.3 is 0 Å². The Morgan fingerprint density at radius 3 is 2.39 bits per heavy atom. The number of likely N-dealkylation sites (N-methyl/N-ethyl adjacent to an activating group) is 1. The first-order chi connectivity index (χ1) is 24.3. The molecule has 3 heterocycles. The first kappa shape index (κ1) is 38.9. The number of nitrogens with one attached hydrogen (secondary N) is 2. The van der Waals surface area contributed by atoms with Crippen molar-refractivity contribution in [2.75, 3.05) is 70.2 Å². The fourth-order valence-electron chi connectivity index (χ4n) is 6.43. The molecule has 278 valence electrons. The Balaban J connectivity index is 1.40. The van der Waals surface area contributed by atoms with E-state index in [1.807, 2.05) is 67.1 Å². The maximum atomic E-state index is 10.3. The fraction of sp³-hybridized carbons (Fsp3) is 0.514. The Bertz CT molecular complexity index is 1730. The minimum absolute atomic E-state index is 0.395. The molecule has 0 unspecified atom stereocenters. The van der Waals surface area contributed by atoms with Gasteiger partial charge in [0.2, 0.25) is 14.3 Å². The molecule has 1 aliphatic heterocycles. The average molecular weight is 738 g/mol. The second kappa shape index (κ2) is 17.0. The lowest BCUT2D eigenvalue weighted by molar-refractivity contribution is 0.0274. The number of para-hydroxylation sites is 1. The highest BCUT2D eigenvalue weighted by atomic mass is 31.2. The van der Waals surface area contributed by atoms with Crippen molar-refractivity contribution in [3.63, 3.8) is 0 Å². The van der Waals surface area contributed by atoms with E-state index in [-0.39, 0.29) is 0 Å². The molecule has 1 fully saturated rings. The van der Waals surface area contributed by atoms with Gasteiger partial charge in [-0.25, -0.2) is 0 Å². The van der Waals surface area contributed by atoms with Crippen LogP contribution < -0.4 is 25.6 Å². The molecule has 5 rings (SSSR count). The number of benzene rings is 2. The summed E-state index contributed by atoms with van der Waals surface area (Å²) in [5.41, 5.74) is 2.75. The minimum Gasteiger partial charge on any atom is -0.495 e. The lowest BCUT2D eigenvalue weighted by atomic mass is 10.0. The number of aromatic nitrogens is 3. The SMILES string of the molecule is COc1cc(Nc2nc(Nc3ccccc3P(OC)OC)c3ccn(COCC[Si](C)(C)C)c3n2)ccc1N1CCC(N(C)CC(C)(C)O)CC1. The molecule has 14 heteroatoms. The third-order valence-corrected chi connectivity index (χ3v) is 12.2. The van der Waals surface area contributed by atoms with Gasteiger partial charge < -0.3 is 48.6 Å². The number of piperidine rings is 1. The minimum atomic E-state index is -1.27. The van der Waals surface area contributed by atoms with Crippen LogP contribution in [0.4, 0.5) is 28.8 Å². The van der Waals surface area contributed by atoms with Crippen LogP contribution in [-0.2, 0) is 20.5 Å². The van der Waals surface area contributed by atoms with Gasteiger partial charge in [0.05, 0.1) is 34.8 Å². The molecule has 0 radical (unpaired) electrons. The van der Waals surface area contributed by atoms with Crippen molar-refractivity contribution in [2.24, 2.45) is 0 Å². The maximum Gasteiger partial charge on any atom is 0.231 e. The van der Waals surface area contributed by atoms with E-state index in [1.165, 1.54) is 0 Å². The summed E-state index contributed by atoms with van der Waals surface area (Å²) >= 11 is 0. The molecule has 1 saturated heterocycles. The highest BCUT2D eigenvalue weighted by molar-refractivity contribution is 7.56. The summed E-state index contributed by atoms with van der Waals surface area (Å²) in [6.45, 7) is 14.4. The Morgan fingerprint density at radius 2 is 1.73 bits per heavy atom. The first-order valence-electron chi connectivity index (χ1n) is 17.6. The van der Waals surface area contributed by atoms with Crippen LogP contribution in [-0.4, -0.2) is 98.9 Å². The second-order valence-electron chi connectivity index (χ2n) is 15.0. The van der Waals surface area contributed by atoms with Crippen molar-refractivity contribution in [3.8, 4) is 5.75 Å². The van der Waals surface area contributed by atoms with Crippen LogP contribution in [0, 0.1) is 0 Å². The van der Waals surface area contributed by atoms with Gasteiger partial charge in [-0.15, -0.1) is 0 Å². The van der Waals surface area contributed by atoms with Gasteiger partial charge in [-0.3, -0.25) is 0 Å². The molecule has 0 aliphatic carbocycles. The molecular formula is C37H56N7O5PSi. The van der Waals surface area contributed by atoms with Crippen molar-refractivity contribution in [1.82, 2.24) is 19.4 Å². The summed E-state index contributed by atoms with van der Waals surface area (Å²) in [5, 5.41) is 19.1. The number of nitrogens with zero attached hydrogens (tertiary/aromatic N) is 5. The van der Waals surface area contributed by atoms with Gasteiger partial charge in [0.25, 0.3) is 0 Å². The summed E-state index contributed by atoms with van der Waals surface area (Å²) in [4.78, 5) is 14.6. The Morgan fingerprint density at radius 1 is 1.00 bits per heavy atom. The predicted molar refractivity (Wildman–Crippen MR) is 212 cm³/mol. The number of anilines is 5. The number of hydrogen-bond acceptors (Lipinski definition) is 11. The Hall–Kier alpha value is -3.29. The molecule has 3 N–H and O–H groups in total. The molecular weight excluding hydrogens is 682 g/mol. The van der Waals surface area contributed by atoms with E-state index < -0.39 is 22.1 Å². The van der Waals surface area contributed by atoms with E-state index in [4.69, 9.17) is 28.5 Å². The van der Waals surface area contributed by atoms with Crippen molar-refractivity contribution >= 4 is 61.6 Å². The maximum absolute atomic E-state index is 10.3. The van der Waals surface area contributed by atoms with Crippen LogP contribution in [0.15, 0.2) is 54.7 Å². The molecule has 1 aliphatic rings. The predicted octanol–water partition coefficient (Wildman–Crippen LogP) is 7.14. The van der Waals surface area contributed by atoms with Gasteiger partial charge in [0.1, 0.15) is 23.9 Å². The van der Waals surface area contributed by atoms with Crippen LogP contribution in [0.1, 0.15) is 26.7 Å². The third-order valence-electron chi connectivity index (χ3n) is 9.03. The zero-order chi connectivity index (χ0) is 36.8. The molecule has 12 nitrogen and oxygen atoms in total. The molecule has 2 aromatic carbocycles. The monoisotopic (exact) mass is 737 g/mol. The topological polar surface area (TPSA) is 118 Å². The number of fused-ring (bicyclic) bond motifs is 1. The van der Waals surface area contributed by atoms with Crippen LogP contribution in [0.5, 0.6) is 5.75 Å². The van der Waals surface area contributed by atoms with E-state index >= 15 is 0 Å². The quantitative estimate of drug-likeness (QED) is 0.0583. The summed E-state index contributed by atoms with van der Waals surface area (Å²) in [6.07, 6.45) is 4.02. The number of hydrogen-bond donors (Lipinski definition) is 3. The van der Waals surface area contributed by atoms with Gasteiger partial charge in [0.15, 0.2) is 0 Å². The standard InChI is InChI=1S/C37H56N7O5PSi/c1-37(2,45)25-42(3)28-16-19-43(20-17-28)31-15-14-27(24-32(31)46-4)38-36-40-34(39-30-12-10-11-13-33(30)50(47-5)48-6)29-18-21-44(35(29)41-36)26-49-22-23-51(7,8)9/h10-15,18,21,24,28,45H,16-17,19-20,22-23,25-26H2,1-9H3,(H2,38,39,40,41). The van der Waals surface area contributed by atoms with Crippen molar-refractivity contribution < 1.29 is 23.6 Å². The van der Waals surface area contributed by atoms with Crippen LogP contribution in [0.25, 0.3) is 11.0 Å². The highest BCUT2D eigenvalue weighted by Gasteiger charge is 2.27. The number of rotatable bonds is 17. The largest absolute Gasteiger partial charge is 0.495 e. The Kier molecular flexibility index (Phi) is 13.0. The summed E-state index contributed by atoms with van der Waals surface area (Å²) in [6, 6.07) is 17.6. The smallest absolute Gasteiger partial charge is 0.231 e. The summed E-state index contributed by atoms with van der Waals surface area (Å²) < 4.78 is 25.4. The van der Waals surface area contributed by atoms with Crippen molar-refractivity contribution in [1.29, 1.82) is 0 Å². The van der Waals surface area contributed by atoms with Gasteiger partial charge in [-0.2, -0.15) is 9.97 Å². The van der Waals surface area contributed by atoms with Crippen molar-refractivity contribution in [2.45, 2.75) is 70.7 Å². The molecule has 51 heavy (non-hydrogen) atoms. The van der Waals surface area contributed by atoms with Gasteiger partial charge in [-0.05, 0) is 70.1 Å². The van der Waals surface area contributed by atoms with Crippen LogP contribution in [0.3, 0.4) is 0 Å². The number of methoxy groups -OCH3 is 1. The number of aliphatic hydroxyl groups is 1. The first-order valence-corrected chi connectivity index (χ1v) is 22.5. The number of ether oxygens (including phenoxy) is 2. The Labute approximate surface area is 305 Å². The zero-order valence-corrected chi connectivity index (χ0v) is 33.6. The highest BCUT2D eigenvalue weighted by Crippen LogP contribution is 2.39. The van der Waals surface area contributed by atoms with E-state index in [1.54, 1.807) is 21.3 Å². The van der Waals surface area contributed by atoms with Gasteiger partial charge in [-0.1, -0.05) is 31.8 Å². The van der Waals surface area contributed by atoms with Gasteiger partial charge in [0, 0.05) is 72.5 Å². The summed E-state index contributed by atoms with van der Waals surface area (Å²) in [7, 11) is 4.62. The molecule has 0 bridgehead atoms.